The number of hydrogen-bond acceptors (Lipinski definition) is 10. The zero-order chi connectivity index (χ0) is 29.3. The standard InChI is InChI=1S/C28H28FN5O7/c1-4-33-14-19(27(36)37)23(35)18-13-20(29)26(30-25(18)33)34-10-8-32(9-11-34)15-21(31-40-3)17-12-16-6-5-7-22(39-2)24(16)41-28(17)38/h5-7,12-14H,4,8-11,15H2,1-3H3,(H,36,37)/b31-21+. The Morgan fingerprint density at radius 1 is 1.15 bits per heavy atom. The topological polar surface area (TPSA) is 140 Å². The first-order chi connectivity index (χ1) is 19.7. The van der Waals surface area contributed by atoms with Crippen LogP contribution in [-0.2, 0) is 11.4 Å². The number of anilines is 1. The molecule has 0 atom stereocenters. The van der Waals surface area contributed by atoms with Crippen LogP contribution >= 0.6 is 0 Å². The van der Waals surface area contributed by atoms with Crippen molar-refractivity contribution in [2.75, 3.05) is 51.8 Å². The van der Waals surface area contributed by atoms with E-state index in [4.69, 9.17) is 14.0 Å². The number of carboxylic acid groups (broad SMARTS) is 1. The summed E-state index contributed by atoms with van der Waals surface area (Å²) in [4.78, 5) is 50.3. The summed E-state index contributed by atoms with van der Waals surface area (Å²) in [5, 5.41) is 14.0. The number of piperazine rings is 1. The van der Waals surface area contributed by atoms with Crippen LogP contribution in [0.2, 0.25) is 0 Å². The van der Waals surface area contributed by atoms with Gasteiger partial charge in [-0.25, -0.2) is 19.0 Å². The number of fused-ring (bicyclic) bond motifs is 2. The summed E-state index contributed by atoms with van der Waals surface area (Å²) in [5.41, 5.74) is -0.586. The maximum Gasteiger partial charge on any atom is 0.345 e. The number of pyridine rings is 2. The number of nitrogens with zero attached hydrogens (tertiary/aromatic N) is 5. The molecule has 1 N–H and O–H groups in total. The molecule has 1 fully saturated rings. The Bertz CT molecular complexity index is 1790. The van der Waals surface area contributed by atoms with Crippen LogP contribution in [0, 0.1) is 5.82 Å². The van der Waals surface area contributed by atoms with Gasteiger partial charge in [-0.05, 0) is 25.1 Å². The van der Waals surface area contributed by atoms with E-state index in [1.807, 2.05) is 4.90 Å². The first kappa shape index (κ1) is 27.8. The highest BCUT2D eigenvalue weighted by atomic mass is 19.1. The van der Waals surface area contributed by atoms with Gasteiger partial charge in [-0.2, -0.15) is 0 Å². The minimum Gasteiger partial charge on any atom is -0.493 e. The lowest BCUT2D eigenvalue weighted by Gasteiger charge is -2.35. The molecule has 3 aromatic heterocycles. The smallest absolute Gasteiger partial charge is 0.345 e. The predicted molar refractivity (Wildman–Crippen MR) is 150 cm³/mol. The number of para-hydroxylation sites is 1. The Morgan fingerprint density at radius 2 is 1.90 bits per heavy atom. The third-order valence-electron chi connectivity index (χ3n) is 7.06. The number of rotatable bonds is 8. The van der Waals surface area contributed by atoms with Crippen molar-refractivity contribution in [2.24, 2.45) is 5.16 Å². The summed E-state index contributed by atoms with van der Waals surface area (Å²) < 4.78 is 27.6. The summed E-state index contributed by atoms with van der Waals surface area (Å²) in [5.74, 6) is -1.56. The van der Waals surface area contributed by atoms with Crippen LogP contribution in [0.3, 0.4) is 0 Å². The molecule has 0 spiro atoms. The number of methoxy groups -OCH3 is 1. The fourth-order valence-corrected chi connectivity index (χ4v) is 4.97. The molecule has 0 bridgehead atoms. The quantitative estimate of drug-likeness (QED) is 0.193. The first-order valence-corrected chi connectivity index (χ1v) is 12.9. The van der Waals surface area contributed by atoms with Crippen molar-refractivity contribution in [1.82, 2.24) is 14.5 Å². The Kier molecular flexibility index (Phi) is 7.70. The van der Waals surface area contributed by atoms with Crippen LogP contribution in [0.25, 0.3) is 22.0 Å². The minimum absolute atomic E-state index is 0.0803. The molecule has 13 heteroatoms. The minimum atomic E-state index is -1.38. The van der Waals surface area contributed by atoms with Crippen LogP contribution in [0.15, 0.2) is 55.7 Å². The van der Waals surface area contributed by atoms with Gasteiger partial charge in [-0.1, -0.05) is 17.3 Å². The monoisotopic (exact) mass is 565 g/mol. The maximum absolute atomic E-state index is 15.2. The van der Waals surface area contributed by atoms with Crippen LogP contribution in [0.4, 0.5) is 10.2 Å². The van der Waals surface area contributed by atoms with E-state index < -0.39 is 28.4 Å². The number of benzene rings is 1. The lowest BCUT2D eigenvalue weighted by atomic mass is 10.1. The Balaban J connectivity index is 1.38. The molecule has 1 aliphatic rings. The van der Waals surface area contributed by atoms with E-state index >= 15 is 4.39 Å². The van der Waals surface area contributed by atoms with Gasteiger partial charge in [-0.15, -0.1) is 0 Å². The summed E-state index contributed by atoms with van der Waals surface area (Å²) in [7, 11) is 2.89. The average Bonchev–Trinajstić information content (AvgIpc) is 2.97. The van der Waals surface area contributed by atoms with E-state index in [0.29, 0.717) is 55.2 Å². The molecule has 0 amide bonds. The summed E-state index contributed by atoms with van der Waals surface area (Å²) in [6.45, 7) is 4.21. The fourth-order valence-electron chi connectivity index (χ4n) is 4.97. The number of oxime groups is 1. The number of halogens is 1. The second-order valence-corrected chi connectivity index (χ2v) is 9.44. The summed E-state index contributed by atoms with van der Waals surface area (Å²) >= 11 is 0. The van der Waals surface area contributed by atoms with Gasteiger partial charge >= 0.3 is 11.6 Å². The van der Waals surface area contributed by atoms with Crippen molar-refractivity contribution < 1.29 is 28.3 Å². The van der Waals surface area contributed by atoms with Crippen molar-refractivity contribution in [2.45, 2.75) is 13.5 Å². The number of aromatic nitrogens is 2. The van der Waals surface area contributed by atoms with Gasteiger partial charge in [0.15, 0.2) is 23.0 Å². The molecule has 1 aliphatic heterocycles. The van der Waals surface area contributed by atoms with E-state index in [1.165, 1.54) is 25.0 Å². The summed E-state index contributed by atoms with van der Waals surface area (Å²) in [6.07, 6.45) is 1.23. The lowest BCUT2D eigenvalue weighted by molar-refractivity contribution is 0.0695. The van der Waals surface area contributed by atoms with E-state index in [-0.39, 0.29) is 29.0 Å². The van der Waals surface area contributed by atoms with Crippen molar-refractivity contribution in [3.8, 4) is 5.75 Å². The molecular formula is C28H28FN5O7. The third-order valence-corrected chi connectivity index (χ3v) is 7.06. The predicted octanol–water partition coefficient (Wildman–Crippen LogP) is 2.54. The maximum atomic E-state index is 15.2. The molecule has 0 radical (unpaired) electrons. The molecule has 214 valence electrons. The summed E-state index contributed by atoms with van der Waals surface area (Å²) in [6, 6.07) is 8.05. The molecule has 4 heterocycles. The fraction of sp³-hybridized carbons (Fsp3) is 0.321. The van der Waals surface area contributed by atoms with Gasteiger partial charge < -0.3 is 28.6 Å². The number of aromatic carboxylic acids is 1. The Hall–Kier alpha value is -4.78. The van der Waals surface area contributed by atoms with E-state index in [9.17, 15) is 19.5 Å². The molecule has 41 heavy (non-hydrogen) atoms. The van der Waals surface area contributed by atoms with E-state index in [1.54, 1.807) is 36.1 Å². The van der Waals surface area contributed by atoms with Gasteiger partial charge in [0, 0.05) is 50.9 Å². The third kappa shape index (κ3) is 5.23. The number of aryl methyl sites for hydroxylation is 1. The number of ether oxygens (including phenoxy) is 1. The van der Waals surface area contributed by atoms with Crippen molar-refractivity contribution in [1.29, 1.82) is 0 Å². The van der Waals surface area contributed by atoms with Crippen molar-refractivity contribution in [3.63, 3.8) is 0 Å². The van der Waals surface area contributed by atoms with E-state index in [2.05, 4.69) is 10.1 Å². The molecule has 1 saturated heterocycles. The second kappa shape index (κ2) is 11.4. The lowest BCUT2D eigenvalue weighted by Crippen LogP contribution is -2.49. The SMILES string of the molecule is CCn1cc(C(=O)O)c(=O)c2cc(F)c(N3CCN(C/C(=N\OC)c4cc5cccc(OC)c5oc4=O)CC3)nc21. The van der Waals surface area contributed by atoms with Gasteiger partial charge in [0.25, 0.3) is 0 Å². The molecule has 0 saturated carbocycles. The molecule has 1 aromatic carbocycles. The van der Waals surface area contributed by atoms with Crippen LogP contribution < -0.4 is 20.7 Å². The van der Waals surface area contributed by atoms with Gasteiger partial charge in [0.2, 0.25) is 5.43 Å². The van der Waals surface area contributed by atoms with Gasteiger partial charge in [-0.3, -0.25) is 9.69 Å². The van der Waals surface area contributed by atoms with Crippen LogP contribution in [0.1, 0.15) is 22.8 Å². The first-order valence-electron chi connectivity index (χ1n) is 12.9. The second-order valence-electron chi connectivity index (χ2n) is 9.44. The molecule has 12 nitrogen and oxygen atoms in total. The normalized spacial score (nSPS) is 14.5. The Morgan fingerprint density at radius 3 is 2.56 bits per heavy atom. The Labute approximate surface area is 232 Å². The van der Waals surface area contributed by atoms with Crippen molar-refractivity contribution >= 4 is 39.5 Å². The highest BCUT2D eigenvalue weighted by Gasteiger charge is 2.25. The van der Waals surface area contributed by atoms with E-state index in [0.717, 1.165) is 6.07 Å². The zero-order valence-electron chi connectivity index (χ0n) is 22.7. The molecule has 0 unspecified atom stereocenters. The number of carboxylic acids is 1. The highest BCUT2D eigenvalue weighted by molar-refractivity contribution is 6.03. The molecule has 4 aromatic rings. The molecule has 5 rings (SSSR count). The average molecular weight is 566 g/mol. The molecule has 0 aliphatic carbocycles. The van der Waals surface area contributed by atoms with Crippen LogP contribution in [-0.4, -0.2) is 78.2 Å². The molecular weight excluding hydrogens is 537 g/mol. The zero-order valence-corrected chi connectivity index (χ0v) is 22.7. The highest BCUT2D eigenvalue weighted by Crippen LogP contribution is 2.25. The van der Waals surface area contributed by atoms with Crippen molar-refractivity contribution in [3.05, 3.63) is 74.1 Å². The number of hydrogen-bond donors (Lipinski definition) is 1. The van der Waals surface area contributed by atoms with Crippen LogP contribution in [0.5, 0.6) is 5.75 Å². The number of carbonyl (C=O) groups is 1. The largest absolute Gasteiger partial charge is 0.493 e. The van der Waals surface area contributed by atoms with Gasteiger partial charge in [0.05, 0.1) is 18.1 Å². The van der Waals surface area contributed by atoms with Gasteiger partial charge in [0.1, 0.15) is 24.0 Å².